The molecule has 2 aliphatic heterocycles. The molecule has 0 unspecified atom stereocenters. The number of rotatable bonds is 5. The summed E-state index contributed by atoms with van der Waals surface area (Å²) < 4.78 is 12.3. The quantitative estimate of drug-likeness (QED) is 0.753. The van der Waals surface area contributed by atoms with Crippen molar-refractivity contribution >= 4 is 28.9 Å². The Labute approximate surface area is 176 Å². The molecule has 0 radical (unpaired) electrons. The van der Waals surface area contributed by atoms with Crippen LogP contribution in [0.2, 0.25) is 0 Å². The first kappa shape index (κ1) is 19.2. The molecule has 5 rings (SSSR count). The summed E-state index contributed by atoms with van der Waals surface area (Å²) in [6.45, 7) is 3.97. The summed E-state index contributed by atoms with van der Waals surface area (Å²) in [6, 6.07) is 3.86. The van der Waals surface area contributed by atoms with E-state index in [-0.39, 0.29) is 17.4 Å². The zero-order valence-corrected chi connectivity index (χ0v) is 17.5. The number of ether oxygens (including phenoxy) is 1. The van der Waals surface area contributed by atoms with Crippen LogP contribution in [0.3, 0.4) is 0 Å². The van der Waals surface area contributed by atoms with Crippen molar-refractivity contribution in [1.29, 1.82) is 0 Å². The third-order valence-corrected chi connectivity index (χ3v) is 6.68. The van der Waals surface area contributed by atoms with Crippen LogP contribution in [0.4, 0.5) is 0 Å². The fourth-order valence-corrected chi connectivity index (χ4v) is 5.05. The van der Waals surface area contributed by atoms with E-state index in [0.29, 0.717) is 30.9 Å². The van der Waals surface area contributed by atoms with Gasteiger partial charge in [0.2, 0.25) is 5.91 Å². The summed E-state index contributed by atoms with van der Waals surface area (Å²) in [6.07, 6.45) is 11.2. The van der Waals surface area contributed by atoms with Gasteiger partial charge in [-0.3, -0.25) is 9.59 Å². The second-order valence-electron chi connectivity index (χ2n) is 8.71. The highest BCUT2D eigenvalue weighted by Gasteiger charge is 2.36. The monoisotopic (exact) mass is 408 g/mol. The topological polar surface area (TPSA) is 71.8 Å². The molecule has 1 aromatic heterocycles. The number of benzene rings is 1. The minimum Gasteiger partial charge on any atom is -0.483 e. The summed E-state index contributed by atoms with van der Waals surface area (Å²) in [5, 5.41) is 3.89. The number of hydrogen-bond acceptors (Lipinski definition) is 4. The first-order valence-electron chi connectivity index (χ1n) is 11.1. The number of hydrogen-bond donors (Lipinski definition) is 1. The van der Waals surface area contributed by atoms with Gasteiger partial charge in [-0.15, -0.1) is 0 Å². The summed E-state index contributed by atoms with van der Waals surface area (Å²) in [5.74, 6) is 1.23. The third-order valence-electron chi connectivity index (χ3n) is 6.68. The van der Waals surface area contributed by atoms with Crippen molar-refractivity contribution < 1.29 is 18.7 Å². The van der Waals surface area contributed by atoms with Gasteiger partial charge in [-0.05, 0) is 63.7 Å². The van der Waals surface area contributed by atoms with Crippen molar-refractivity contribution in [2.75, 3.05) is 19.6 Å². The minimum atomic E-state index is -0.210. The highest BCUT2D eigenvalue weighted by Crippen LogP contribution is 2.44. The first-order chi connectivity index (χ1) is 14.6. The van der Waals surface area contributed by atoms with Gasteiger partial charge in [-0.2, -0.15) is 0 Å². The zero-order valence-electron chi connectivity index (χ0n) is 17.5. The van der Waals surface area contributed by atoms with E-state index in [1.807, 2.05) is 24.0 Å². The van der Waals surface area contributed by atoms with Crippen molar-refractivity contribution in [2.45, 2.75) is 57.5 Å². The van der Waals surface area contributed by atoms with Crippen molar-refractivity contribution in [1.82, 2.24) is 10.2 Å². The van der Waals surface area contributed by atoms with Gasteiger partial charge in [0.1, 0.15) is 16.9 Å². The van der Waals surface area contributed by atoms with Crippen LogP contribution in [0.25, 0.3) is 17.0 Å². The number of furan rings is 1. The molecule has 2 fully saturated rings. The molecule has 158 valence electrons. The van der Waals surface area contributed by atoms with E-state index in [9.17, 15) is 9.59 Å². The molecule has 30 heavy (non-hydrogen) atoms. The molecule has 6 nitrogen and oxygen atoms in total. The van der Waals surface area contributed by atoms with Crippen molar-refractivity contribution in [3.05, 3.63) is 35.1 Å². The summed E-state index contributed by atoms with van der Waals surface area (Å²) in [7, 11) is 0. The van der Waals surface area contributed by atoms with Gasteiger partial charge in [0.05, 0.1) is 0 Å². The molecule has 6 heteroatoms. The number of nitrogens with one attached hydrogen (secondary N) is 1. The van der Waals surface area contributed by atoms with E-state index >= 15 is 0 Å². The van der Waals surface area contributed by atoms with Gasteiger partial charge in [-0.1, -0.05) is 6.08 Å². The maximum Gasteiger partial charge on any atom is 0.287 e. The molecule has 1 saturated heterocycles. The Morgan fingerprint density at radius 3 is 2.83 bits per heavy atom. The van der Waals surface area contributed by atoms with Gasteiger partial charge >= 0.3 is 0 Å². The molecule has 3 aliphatic rings. The normalized spacial score (nSPS) is 19.5. The highest BCUT2D eigenvalue weighted by molar-refractivity contribution is 6.02. The van der Waals surface area contributed by atoms with Gasteiger partial charge < -0.3 is 19.4 Å². The number of carbonyl (C=O) groups is 2. The zero-order chi connectivity index (χ0) is 20.7. The van der Waals surface area contributed by atoms with Gasteiger partial charge in [0, 0.05) is 42.6 Å². The van der Waals surface area contributed by atoms with Crippen LogP contribution in [0.5, 0.6) is 5.75 Å². The average molecular weight is 408 g/mol. The van der Waals surface area contributed by atoms with Gasteiger partial charge in [-0.25, -0.2) is 0 Å². The summed E-state index contributed by atoms with van der Waals surface area (Å²) in [5.41, 5.74) is 2.38. The fourth-order valence-electron chi connectivity index (χ4n) is 5.05. The van der Waals surface area contributed by atoms with E-state index < -0.39 is 0 Å². The SMILES string of the molecule is Cc1c(C(=O)NCCCN2CCCC2=O)oc2ccc3c(c12)C=CC1(CCCC1)O3. The molecular formula is C24H28N2O4. The largest absolute Gasteiger partial charge is 0.483 e. The lowest BCUT2D eigenvalue weighted by Crippen LogP contribution is -2.31. The predicted octanol–water partition coefficient (Wildman–Crippen LogP) is 4.20. The van der Waals surface area contributed by atoms with Crippen LogP contribution in [0.15, 0.2) is 22.6 Å². The lowest BCUT2D eigenvalue weighted by Gasteiger charge is -2.31. The van der Waals surface area contributed by atoms with E-state index in [1.54, 1.807) is 0 Å². The smallest absolute Gasteiger partial charge is 0.287 e. The van der Waals surface area contributed by atoms with E-state index in [0.717, 1.165) is 54.5 Å². The van der Waals surface area contributed by atoms with Crippen molar-refractivity contribution in [2.24, 2.45) is 0 Å². The Morgan fingerprint density at radius 2 is 2.07 bits per heavy atom. The van der Waals surface area contributed by atoms with Gasteiger partial charge in [0.15, 0.2) is 5.76 Å². The third kappa shape index (κ3) is 3.28. The van der Waals surface area contributed by atoms with Crippen LogP contribution >= 0.6 is 0 Å². The number of likely N-dealkylation sites (tertiary alicyclic amines) is 1. The van der Waals surface area contributed by atoms with Gasteiger partial charge in [0.25, 0.3) is 5.91 Å². The molecule has 0 bridgehead atoms. The molecule has 2 aromatic rings. The standard InChI is InChI=1S/C24H28N2O4/c1-16-21-17-9-12-24(10-2-3-11-24)30-18(17)7-8-19(21)29-22(16)23(28)25-13-5-15-26-14-4-6-20(26)27/h7-9,12H,2-6,10-11,13-15H2,1H3,(H,25,28). The Bertz CT molecular complexity index is 1030. The van der Waals surface area contributed by atoms with Crippen molar-refractivity contribution in [3.8, 4) is 5.75 Å². The Kier molecular flexibility index (Phi) is 4.80. The molecule has 0 atom stereocenters. The summed E-state index contributed by atoms with van der Waals surface area (Å²) >= 11 is 0. The molecule has 1 N–H and O–H groups in total. The Balaban J connectivity index is 1.30. The van der Waals surface area contributed by atoms with Crippen LogP contribution in [-0.4, -0.2) is 41.9 Å². The van der Waals surface area contributed by atoms with Crippen LogP contribution < -0.4 is 10.1 Å². The second-order valence-corrected chi connectivity index (χ2v) is 8.71. The van der Waals surface area contributed by atoms with E-state index in [4.69, 9.17) is 9.15 Å². The van der Waals surface area contributed by atoms with Crippen LogP contribution in [-0.2, 0) is 4.79 Å². The number of nitrogens with zero attached hydrogens (tertiary/aromatic N) is 1. The molecule has 1 saturated carbocycles. The molecule has 3 heterocycles. The molecule has 1 aliphatic carbocycles. The second kappa shape index (κ2) is 7.49. The number of amides is 2. The molecule has 2 amide bonds. The predicted molar refractivity (Wildman–Crippen MR) is 115 cm³/mol. The number of aryl methyl sites for hydroxylation is 1. The maximum absolute atomic E-state index is 12.7. The molecule has 1 spiro atoms. The fraction of sp³-hybridized carbons (Fsp3) is 0.500. The summed E-state index contributed by atoms with van der Waals surface area (Å²) in [4.78, 5) is 26.3. The lowest BCUT2D eigenvalue weighted by molar-refractivity contribution is -0.127. The van der Waals surface area contributed by atoms with E-state index in [1.165, 1.54) is 12.8 Å². The van der Waals surface area contributed by atoms with Crippen LogP contribution in [0, 0.1) is 6.92 Å². The van der Waals surface area contributed by atoms with E-state index in [2.05, 4.69) is 17.5 Å². The Hall–Kier alpha value is -2.76. The van der Waals surface area contributed by atoms with Crippen molar-refractivity contribution in [3.63, 3.8) is 0 Å². The first-order valence-corrected chi connectivity index (χ1v) is 11.1. The number of carbonyl (C=O) groups excluding carboxylic acids is 2. The van der Waals surface area contributed by atoms with Crippen LogP contribution in [0.1, 0.15) is 66.6 Å². The highest BCUT2D eigenvalue weighted by atomic mass is 16.5. The maximum atomic E-state index is 12.7. The molecular weight excluding hydrogens is 380 g/mol. The average Bonchev–Trinajstić information content (AvgIpc) is 3.45. The number of fused-ring (bicyclic) bond motifs is 3. The Morgan fingerprint density at radius 1 is 1.23 bits per heavy atom. The lowest BCUT2D eigenvalue weighted by atomic mass is 9.94. The minimum absolute atomic E-state index is 0.157. The molecule has 1 aromatic carbocycles.